The average molecular weight is 345 g/mol. The maximum absolute atomic E-state index is 11.3. The monoisotopic (exact) mass is 345 g/mol. The molecular weight excluding hydrogens is 314 g/mol. The van der Waals surface area contributed by atoms with Gasteiger partial charge >= 0.3 is 5.97 Å². The molecule has 0 unspecified atom stereocenters. The summed E-state index contributed by atoms with van der Waals surface area (Å²) in [6.45, 7) is 6.30. The summed E-state index contributed by atoms with van der Waals surface area (Å²) in [7, 11) is 0. The lowest BCUT2D eigenvalue weighted by molar-refractivity contribution is -0.148. The lowest BCUT2D eigenvalue weighted by atomic mass is 9.48. The van der Waals surface area contributed by atoms with Crippen LogP contribution in [0.25, 0.3) is 0 Å². The Morgan fingerprint density at radius 1 is 1.20 bits per heavy atom. The van der Waals surface area contributed by atoms with Crippen molar-refractivity contribution in [3.05, 3.63) is 11.6 Å². The molecular formula is C21H31NO3. The Bertz CT molecular complexity index is 639. The number of esters is 1. The highest BCUT2D eigenvalue weighted by atomic mass is 16.5. The van der Waals surface area contributed by atoms with E-state index in [2.05, 4.69) is 25.1 Å². The van der Waals surface area contributed by atoms with Crippen LogP contribution in [-0.4, -0.2) is 23.0 Å². The summed E-state index contributed by atoms with van der Waals surface area (Å²) in [5.74, 6) is 1.93. The summed E-state index contributed by atoms with van der Waals surface area (Å²) < 4.78 is 5.51. The molecule has 0 aromatic rings. The van der Waals surface area contributed by atoms with E-state index in [0.29, 0.717) is 11.8 Å². The fourth-order valence-corrected chi connectivity index (χ4v) is 6.92. The van der Waals surface area contributed by atoms with E-state index in [0.717, 1.165) is 50.2 Å². The van der Waals surface area contributed by atoms with Gasteiger partial charge in [-0.05, 0) is 68.1 Å². The molecule has 4 aliphatic carbocycles. The standard InChI is InChI=1S/C21H31NO3/c1-13(23)25-15-8-10-20(2)14(12-15)4-5-16-17-6-7-19(22-24)21(17,3)11-9-18(16)20/h4,15-18,24H,5-12H2,1-3H3/b22-19-/t15-,16-,17+,18+,20-,21+/m0/s1. The second-order valence-electron chi connectivity index (χ2n) is 9.28. The van der Waals surface area contributed by atoms with Crippen molar-refractivity contribution in [1.82, 2.24) is 0 Å². The SMILES string of the molecule is CC(=O)O[C@H]1CC[C@@]2(C)C(=CC[C@@H]3[C@H]2CC[C@@]2(C)/C(=N\O)CC[C@H]32)C1. The van der Waals surface area contributed by atoms with Crippen molar-refractivity contribution >= 4 is 11.7 Å². The van der Waals surface area contributed by atoms with Gasteiger partial charge in [-0.15, -0.1) is 0 Å². The fraction of sp³-hybridized carbons (Fsp3) is 0.810. The number of hydrogen-bond donors (Lipinski definition) is 1. The van der Waals surface area contributed by atoms with Crippen LogP contribution >= 0.6 is 0 Å². The Labute approximate surface area is 150 Å². The van der Waals surface area contributed by atoms with E-state index in [9.17, 15) is 10.0 Å². The maximum atomic E-state index is 11.3. The molecule has 25 heavy (non-hydrogen) atoms. The molecule has 0 spiro atoms. The Kier molecular flexibility index (Phi) is 4.01. The topological polar surface area (TPSA) is 58.9 Å². The summed E-state index contributed by atoms with van der Waals surface area (Å²) in [4.78, 5) is 11.3. The van der Waals surface area contributed by atoms with Crippen molar-refractivity contribution in [2.75, 3.05) is 0 Å². The molecule has 4 rings (SSSR count). The van der Waals surface area contributed by atoms with Crippen LogP contribution in [0.15, 0.2) is 16.8 Å². The minimum absolute atomic E-state index is 0.0711. The first kappa shape index (κ1) is 17.1. The van der Waals surface area contributed by atoms with Gasteiger partial charge in [0.1, 0.15) is 6.10 Å². The molecule has 0 bridgehead atoms. The molecule has 4 nitrogen and oxygen atoms in total. The molecule has 3 saturated carbocycles. The molecule has 1 N–H and O–H groups in total. The van der Waals surface area contributed by atoms with Crippen molar-refractivity contribution in [2.24, 2.45) is 33.7 Å². The number of nitrogens with zero attached hydrogens (tertiary/aromatic N) is 1. The van der Waals surface area contributed by atoms with E-state index in [1.165, 1.54) is 25.3 Å². The molecule has 0 saturated heterocycles. The van der Waals surface area contributed by atoms with Gasteiger partial charge in [-0.25, -0.2) is 0 Å². The zero-order valence-electron chi connectivity index (χ0n) is 15.8. The van der Waals surface area contributed by atoms with Crippen LogP contribution in [0.5, 0.6) is 0 Å². The third-order valence-electron chi connectivity index (χ3n) is 8.25. The molecule has 6 atom stereocenters. The first-order chi connectivity index (χ1) is 11.9. The van der Waals surface area contributed by atoms with E-state index < -0.39 is 0 Å². The van der Waals surface area contributed by atoms with Crippen molar-refractivity contribution in [2.45, 2.75) is 78.2 Å². The number of fused-ring (bicyclic) bond motifs is 5. The van der Waals surface area contributed by atoms with Gasteiger partial charge in [0.2, 0.25) is 0 Å². The Hall–Kier alpha value is -1.32. The lowest BCUT2D eigenvalue weighted by Crippen LogP contribution is -2.50. The van der Waals surface area contributed by atoms with Gasteiger partial charge in [-0.2, -0.15) is 0 Å². The highest BCUT2D eigenvalue weighted by Crippen LogP contribution is 2.64. The van der Waals surface area contributed by atoms with E-state index in [1.54, 1.807) is 0 Å². The molecule has 0 radical (unpaired) electrons. The van der Waals surface area contributed by atoms with Crippen LogP contribution in [0, 0.1) is 28.6 Å². The maximum Gasteiger partial charge on any atom is 0.302 e. The first-order valence-electron chi connectivity index (χ1n) is 9.96. The fourth-order valence-electron chi connectivity index (χ4n) is 6.92. The van der Waals surface area contributed by atoms with Gasteiger partial charge in [-0.1, -0.05) is 30.7 Å². The van der Waals surface area contributed by atoms with E-state index in [4.69, 9.17) is 4.74 Å². The third kappa shape index (κ3) is 2.47. The summed E-state index contributed by atoms with van der Waals surface area (Å²) in [5, 5.41) is 13.1. The number of hydrogen-bond acceptors (Lipinski definition) is 4. The number of rotatable bonds is 1. The molecule has 138 valence electrons. The van der Waals surface area contributed by atoms with Crippen LogP contribution in [0.4, 0.5) is 0 Å². The van der Waals surface area contributed by atoms with Gasteiger partial charge in [0.15, 0.2) is 0 Å². The zero-order valence-corrected chi connectivity index (χ0v) is 15.8. The minimum Gasteiger partial charge on any atom is -0.462 e. The van der Waals surface area contributed by atoms with Gasteiger partial charge in [0.05, 0.1) is 5.71 Å². The number of carbonyl (C=O) groups is 1. The molecule has 4 heteroatoms. The molecule has 0 amide bonds. The van der Waals surface area contributed by atoms with Crippen molar-refractivity contribution < 1.29 is 14.7 Å². The third-order valence-corrected chi connectivity index (χ3v) is 8.25. The highest BCUT2D eigenvalue weighted by Gasteiger charge is 2.58. The van der Waals surface area contributed by atoms with Crippen molar-refractivity contribution in [1.29, 1.82) is 0 Å². The van der Waals surface area contributed by atoms with Crippen molar-refractivity contribution in [3.8, 4) is 0 Å². The smallest absolute Gasteiger partial charge is 0.302 e. The molecule has 4 aliphatic rings. The second kappa shape index (κ2) is 5.85. The summed E-state index contributed by atoms with van der Waals surface area (Å²) in [6, 6.07) is 0. The quantitative estimate of drug-likeness (QED) is 0.324. The van der Waals surface area contributed by atoms with E-state index >= 15 is 0 Å². The Morgan fingerprint density at radius 3 is 2.64 bits per heavy atom. The molecule has 0 aliphatic heterocycles. The van der Waals surface area contributed by atoms with Crippen LogP contribution in [0.2, 0.25) is 0 Å². The van der Waals surface area contributed by atoms with Gasteiger partial charge in [-0.3, -0.25) is 4.79 Å². The van der Waals surface area contributed by atoms with Crippen LogP contribution in [0.1, 0.15) is 72.1 Å². The molecule has 0 heterocycles. The molecule has 0 aromatic carbocycles. The average Bonchev–Trinajstić information content (AvgIpc) is 2.91. The van der Waals surface area contributed by atoms with Gasteiger partial charge in [0, 0.05) is 18.8 Å². The number of oxime groups is 1. The number of allylic oxidation sites excluding steroid dienone is 1. The highest BCUT2D eigenvalue weighted by molar-refractivity contribution is 5.92. The lowest BCUT2D eigenvalue weighted by Gasteiger charge is -2.57. The number of carbonyl (C=O) groups excluding carboxylic acids is 1. The summed E-state index contributed by atoms with van der Waals surface area (Å²) in [6.07, 6.45) is 11.2. The minimum atomic E-state index is -0.155. The number of ether oxygens (including phenoxy) is 1. The largest absolute Gasteiger partial charge is 0.462 e. The summed E-state index contributed by atoms with van der Waals surface area (Å²) in [5.41, 5.74) is 2.94. The Balaban J connectivity index is 1.60. The zero-order chi connectivity index (χ0) is 17.8. The van der Waals surface area contributed by atoms with E-state index in [1.807, 2.05) is 0 Å². The second-order valence-corrected chi connectivity index (χ2v) is 9.28. The van der Waals surface area contributed by atoms with Crippen molar-refractivity contribution in [3.63, 3.8) is 0 Å². The first-order valence-corrected chi connectivity index (χ1v) is 9.96. The van der Waals surface area contributed by atoms with Gasteiger partial charge in [0.25, 0.3) is 0 Å². The molecule has 3 fully saturated rings. The normalized spacial score (nSPS) is 47.5. The predicted octanol–water partition coefficient (Wildman–Crippen LogP) is 4.71. The predicted molar refractivity (Wildman–Crippen MR) is 96.5 cm³/mol. The summed E-state index contributed by atoms with van der Waals surface area (Å²) >= 11 is 0. The van der Waals surface area contributed by atoms with Gasteiger partial charge < -0.3 is 9.94 Å². The van der Waals surface area contributed by atoms with Crippen LogP contribution in [0.3, 0.4) is 0 Å². The van der Waals surface area contributed by atoms with Crippen LogP contribution in [-0.2, 0) is 9.53 Å². The van der Waals surface area contributed by atoms with E-state index in [-0.39, 0.29) is 22.9 Å². The Morgan fingerprint density at radius 2 is 1.92 bits per heavy atom. The molecule has 0 aromatic heterocycles. The van der Waals surface area contributed by atoms with Crippen LogP contribution < -0.4 is 0 Å².